The molecule has 32 heavy (non-hydrogen) atoms. The number of nitrogens with two attached hydrogens (primary N) is 1. The van der Waals surface area contributed by atoms with Gasteiger partial charge in [0.05, 0.1) is 15.9 Å². The van der Waals surface area contributed by atoms with Crippen molar-refractivity contribution in [3.63, 3.8) is 0 Å². The smallest absolute Gasteiger partial charge is 0.264 e. The van der Waals surface area contributed by atoms with Gasteiger partial charge in [-0.25, -0.2) is 4.98 Å². The summed E-state index contributed by atoms with van der Waals surface area (Å²) in [6, 6.07) is 8.50. The topological polar surface area (TPSA) is 105 Å². The molecule has 2 saturated heterocycles. The number of aromatic amines is 1. The number of hydrogen-bond acceptors (Lipinski definition) is 6. The molecule has 0 spiro atoms. The van der Waals surface area contributed by atoms with Crippen LogP contribution in [0.2, 0.25) is 5.02 Å². The number of H-pyrrole nitrogens is 1. The van der Waals surface area contributed by atoms with Crippen LogP contribution >= 0.6 is 11.6 Å². The number of aromatic nitrogens is 4. The highest BCUT2D eigenvalue weighted by molar-refractivity contribution is 6.38. The fourth-order valence-electron chi connectivity index (χ4n) is 5.44. The minimum absolute atomic E-state index is 0.103. The molecule has 0 saturated carbocycles. The van der Waals surface area contributed by atoms with Gasteiger partial charge in [0.1, 0.15) is 11.5 Å². The van der Waals surface area contributed by atoms with E-state index < -0.39 is 0 Å². The number of halogens is 1. The molecule has 0 unspecified atom stereocenters. The maximum Gasteiger partial charge on any atom is 0.264 e. The van der Waals surface area contributed by atoms with Crippen molar-refractivity contribution in [2.45, 2.75) is 37.4 Å². The first-order valence-electron chi connectivity index (χ1n) is 10.9. The Hall–Kier alpha value is -3.10. The Morgan fingerprint density at radius 2 is 2.00 bits per heavy atom. The van der Waals surface area contributed by atoms with Gasteiger partial charge < -0.3 is 20.9 Å². The van der Waals surface area contributed by atoms with Gasteiger partial charge in [-0.05, 0) is 31.4 Å². The summed E-state index contributed by atoms with van der Waals surface area (Å²) in [5.74, 6) is 1.41. The van der Waals surface area contributed by atoms with Crippen molar-refractivity contribution in [2.75, 3.05) is 17.3 Å². The number of benzene rings is 1. The van der Waals surface area contributed by atoms with Crippen LogP contribution in [0.1, 0.15) is 19.3 Å². The van der Waals surface area contributed by atoms with E-state index in [1.54, 1.807) is 11.6 Å². The minimum atomic E-state index is -0.103. The van der Waals surface area contributed by atoms with E-state index in [1.165, 1.54) is 0 Å². The fraction of sp³-hybridized carbons (Fsp3) is 0.348. The van der Waals surface area contributed by atoms with Gasteiger partial charge in [-0.2, -0.15) is 4.98 Å². The van der Waals surface area contributed by atoms with Crippen molar-refractivity contribution < 1.29 is 0 Å². The van der Waals surface area contributed by atoms with Crippen LogP contribution < -0.4 is 21.5 Å². The Morgan fingerprint density at radius 3 is 2.72 bits per heavy atom. The van der Waals surface area contributed by atoms with E-state index in [0.29, 0.717) is 33.6 Å². The van der Waals surface area contributed by atoms with Gasteiger partial charge in [0.15, 0.2) is 0 Å². The number of pyridine rings is 1. The van der Waals surface area contributed by atoms with E-state index in [4.69, 9.17) is 22.3 Å². The molecular formula is C23H24ClN7O. The zero-order valence-electron chi connectivity index (χ0n) is 17.9. The Kier molecular flexibility index (Phi) is 4.25. The molecule has 5 heterocycles. The zero-order valence-corrected chi connectivity index (χ0v) is 18.6. The van der Waals surface area contributed by atoms with Gasteiger partial charge >= 0.3 is 0 Å². The van der Waals surface area contributed by atoms with E-state index in [1.807, 2.05) is 37.5 Å². The van der Waals surface area contributed by atoms with E-state index >= 15 is 0 Å². The predicted molar refractivity (Wildman–Crippen MR) is 129 cm³/mol. The predicted octanol–water partition coefficient (Wildman–Crippen LogP) is 3.24. The first-order valence-corrected chi connectivity index (χ1v) is 11.2. The van der Waals surface area contributed by atoms with E-state index in [2.05, 4.69) is 20.2 Å². The lowest BCUT2D eigenvalue weighted by molar-refractivity contribution is 0.503. The van der Waals surface area contributed by atoms with Crippen molar-refractivity contribution in [1.29, 1.82) is 0 Å². The van der Waals surface area contributed by atoms with Crippen LogP contribution in [-0.2, 0) is 7.05 Å². The lowest BCUT2D eigenvalue weighted by Gasteiger charge is -2.25. The highest BCUT2D eigenvalue weighted by Crippen LogP contribution is 2.40. The van der Waals surface area contributed by atoms with E-state index in [9.17, 15) is 4.79 Å². The molecule has 4 N–H and O–H groups in total. The lowest BCUT2D eigenvalue weighted by Crippen LogP contribution is -2.40. The van der Waals surface area contributed by atoms with Gasteiger partial charge in [-0.3, -0.25) is 9.36 Å². The van der Waals surface area contributed by atoms with Crippen molar-refractivity contribution in [1.82, 2.24) is 19.5 Å². The normalized spacial score (nSPS) is 22.4. The zero-order chi connectivity index (χ0) is 22.1. The summed E-state index contributed by atoms with van der Waals surface area (Å²) in [5, 5.41) is 5.01. The summed E-state index contributed by atoms with van der Waals surface area (Å²) < 4.78 is 1.65. The van der Waals surface area contributed by atoms with E-state index in [0.717, 1.165) is 41.6 Å². The molecule has 6 rings (SSSR count). The molecule has 3 aromatic heterocycles. The number of nitrogens with zero attached hydrogens (tertiary/aromatic N) is 4. The van der Waals surface area contributed by atoms with Crippen molar-refractivity contribution in [3.05, 3.63) is 45.8 Å². The summed E-state index contributed by atoms with van der Waals surface area (Å²) in [7, 11) is 3.60. The third kappa shape index (κ3) is 2.63. The second kappa shape index (κ2) is 6.95. The summed E-state index contributed by atoms with van der Waals surface area (Å²) in [5.41, 5.74) is 8.95. The monoisotopic (exact) mass is 449 g/mol. The Balaban J connectivity index is 1.53. The van der Waals surface area contributed by atoms with Gasteiger partial charge in [-0.15, -0.1) is 0 Å². The second-order valence-electron chi connectivity index (χ2n) is 8.75. The largest absolute Gasteiger partial charge is 0.373 e. The van der Waals surface area contributed by atoms with Crippen LogP contribution in [0.25, 0.3) is 33.1 Å². The quantitative estimate of drug-likeness (QED) is 0.443. The average molecular weight is 450 g/mol. The molecule has 3 atom stereocenters. The molecule has 0 aliphatic carbocycles. The molecule has 0 radical (unpaired) electrons. The Labute approximate surface area is 189 Å². The van der Waals surface area contributed by atoms with Crippen LogP contribution in [0, 0.1) is 0 Å². The van der Waals surface area contributed by atoms with Crippen LogP contribution in [0.15, 0.2) is 35.3 Å². The van der Waals surface area contributed by atoms with Gasteiger partial charge in [-0.1, -0.05) is 23.7 Å². The molecule has 2 bridgehead atoms. The van der Waals surface area contributed by atoms with Gasteiger partial charge in [0.25, 0.3) is 5.56 Å². The first-order chi connectivity index (χ1) is 15.5. The minimum Gasteiger partial charge on any atom is -0.373 e. The molecule has 2 fully saturated rings. The molecule has 0 amide bonds. The summed E-state index contributed by atoms with van der Waals surface area (Å²) in [4.78, 5) is 28.5. The Morgan fingerprint density at radius 1 is 1.19 bits per heavy atom. The third-order valence-electron chi connectivity index (χ3n) is 7.05. The summed E-state index contributed by atoms with van der Waals surface area (Å²) in [6.45, 7) is 0. The Bertz CT molecular complexity index is 1440. The molecule has 1 aromatic carbocycles. The van der Waals surface area contributed by atoms with Crippen LogP contribution in [0.4, 0.5) is 11.8 Å². The maximum absolute atomic E-state index is 13.5. The molecule has 164 valence electrons. The lowest BCUT2D eigenvalue weighted by atomic mass is 9.97. The van der Waals surface area contributed by atoms with E-state index in [-0.39, 0.29) is 17.6 Å². The van der Waals surface area contributed by atoms with Crippen LogP contribution in [0.5, 0.6) is 0 Å². The molecule has 2 aliphatic rings. The standard InChI is InChI=1S/C23H24ClN7O/c1-26-17-8-4-11-3-6-13(19(24)20(11)28-17)14-10-27-21-18(14)22(32)30(2)23(29-21)31-12-5-7-16(31)15(25)9-12/h3-4,6,8,10,12,15-16,27H,5,7,9,25H2,1-2H3,(H,26,28)/t12-,15+,16+/m0/s1. The molecule has 9 heteroatoms. The molecule has 4 aromatic rings. The first kappa shape index (κ1) is 19.6. The average Bonchev–Trinajstić information content (AvgIpc) is 3.48. The third-order valence-corrected chi connectivity index (χ3v) is 7.43. The van der Waals surface area contributed by atoms with Crippen molar-refractivity contribution >= 4 is 45.3 Å². The van der Waals surface area contributed by atoms with Crippen LogP contribution in [-0.4, -0.2) is 44.7 Å². The second-order valence-corrected chi connectivity index (χ2v) is 9.13. The van der Waals surface area contributed by atoms with Crippen LogP contribution in [0.3, 0.4) is 0 Å². The number of hydrogen-bond donors (Lipinski definition) is 3. The summed E-state index contributed by atoms with van der Waals surface area (Å²) in [6.07, 6.45) is 4.89. The highest BCUT2D eigenvalue weighted by atomic mass is 35.5. The maximum atomic E-state index is 13.5. The van der Waals surface area contributed by atoms with Gasteiger partial charge in [0, 0.05) is 54.9 Å². The number of anilines is 2. The molecule has 2 aliphatic heterocycles. The molecular weight excluding hydrogens is 426 g/mol. The summed E-state index contributed by atoms with van der Waals surface area (Å²) >= 11 is 6.80. The number of nitrogens with one attached hydrogen (secondary N) is 2. The number of rotatable bonds is 3. The molecule has 8 nitrogen and oxygen atoms in total. The van der Waals surface area contributed by atoms with Gasteiger partial charge in [0.2, 0.25) is 5.95 Å². The SMILES string of the molecule is CNc1ccc2ccc(-c3c[nH]c4nc(N5[C@H]6CC[C@@H]5[C@H](N)C6)n(C)c(=O)c34)c(Cl)c2n1. The van der Waals surface area contributed by atoms with Crippen molar-refractivity contribution in [2.24, 2.45) is 12.8 Å². The highest BCUT2D eigenvalue weighted by Gasteiger charge is 2.46. The fourth-order valence-corrected chi connectivity index (χ4v) is 5.76. The van der Waals surface area contributed by atoms with Crippen molar-refractivity contribution in [3.8, 4) is 11.1 Å². The number of fused-ring (bicyclic) bond motifs is 4.